The van der Waals surface area contributed by atoms with Gasteiger partial charge < -0.3 is 5.32 Å². The molecule has 5 heteroatoms. The van der Waals surface area contributed by atoms with E-state index in [0.717, 1.165) is 23.4 Å². The summed E-state index contributed by atoms with van der Waals surface area (Å²) in [6.45, 7) is 2.79. The van der Waals surface area contributed by atoms with Crippen molar-refractivity contribution >= 4 is 28.9 Å². The van der Waals surface area contributed by atoms with Gasteiger partial charge in [-0.1, -0.05) is 36.2 Å². The van der Waals surface area contributed by atoms with Crippen LogP contribution in [0.4, 0.5) is 5.69 Å². The second-order valence-corrected chi connectivity index (χ2v) is 4.93. The number of halogens is 2. The van der Waals surface area contributed by atoms with Crippen LogP contribution in [0.5, 0.6) is 0 Å². The van der Waals surface area contributed by atoms with E-state index in [1.165, 1.54) is 0 Å². The summed E-state index contributed by atoms with van der Waals surface area (Å²) in [6, 6.07) is 5.65. The van der Waals surface area contributed by atoms with Gasteiger partial charge in [-0.2, -0.15) is 5.10 Å². The molecule has 0 radical (unpaired) electrons. The standard InChI is InChI=1S/C13H15Cl2N3/c1-3-12-13(8-18(2)17-12)16-7-9-4-5-10(14)11(15)6-9/h4-6,8,16H,3,7H2,1-2H3. The van der Waals surface area contributed by atoms with Gasteiger partial charge in [0.15, 0.2) is 0 Å². The minimum absolute atomic E-state index is 0.580. The molecule has 1 aromatic carbocycles. The van der Waals surface area contributed by atoms with Crippen molar-refractivity contribution < 1.29 is 0 Å². The molecular formula is C13H15Cl2N3. The van der Waals surface area contributed by atoms with Gasteiger partial charge in [-0.05, 0) is 24.1 Å². The molecule has 0 amide bonds. The summed E-state index contributed by atoms with van der Waals surface area (Å²) in [4.78, 5) is 0. The first-order chi connectivity index (χ1) is 8.60. The van der Waals surface area contributed by atoms with Gasteiger partial charge in [-0.25, -0.2) is 0 Å². The molecule has 3 nitrogen and oxygen atoms in total. The van der Waals surface area contributed by atoms with Gasteiger partial charge in [-0.15, -0.1) is 0 Å². The smallest absolute Gasteiger partial charge is 0.0853 e. The topological polar surface area (TPSA) is 29.9 Å². The summed E-state index contributed by atoms with van der Waals surface area (Å²) < 4.78 is 1.82. The Kier molecular flexibility index (Phi) is 4.15. The van der Waals surface area contributed by atoms with Crippen LogP contribution in [0, 0.1) is 0 Å². The van der Waals surface area contributed by atoms with Crippen LogP contribution in [0.25, 0.3) is 0 Å². The van der Waals surface area contributed by atoms with E-state index in [0.29, 0.717) is 16.6 Å². The minimum Gasteiger partial charge on any atom is -0.378 e. The lowest BCUT2D eigenvalue weighted by Gasteiger charge is -2.06. The molecule has 18 heavy (non-hydrogen) atoms. The van der Waals surface area contributed by atoms with Crippen molar-refractivity contribution in [3.8, 4) is 0 Å². The van der Waals surface area contributed by atoms with Crippen molar-refractivity contribution in [3.63, 3.8) is 0 Å². The van der Waals surface area contributed by atoms with E-state index >= 15 is 0 Å². The molecule has 0 aliphatic carbocycles. The van der Waals surface area contributed by atoms with Gasteiger partial charge in [0.05, 0.1) is 21.4 Å². The summed E-state index contributed by atoms with van der Waals surface area (Å²) in [5.41, 5.74) is 3.22. The van der Waals surface area contributed by atoms with Gasteiger partial charge in [0.1, 0.15) is 0 Å². The molecule has 1 heterocycles. The van der Waals surface area contributed by atoms with Gasteiger partial charge in [-0.3, -0.25) is 4.68 Å². The number of rotatable bonds is 4. The Morgan fingerprint density at radius 1 is 1.28 bits per heavy atom. The normalized spacial score (nSPS) is 10.7. The summed E-state index contributed by atoms with van der Waals surface area (Å²) in [7, 11) is 1.92. The van der Waals surface area contributed by atoms with Crippen LogP contribution in [0.1, 0.15) is 18.2 Å². The Morgan fingerprint density at radius 2 is 2.06 bits per heavy atom. The van der Waals surface area contributed by atoms with E-state index in [-0.39, 0.29) is 0 Å². The van der Waals surface area contributed by atoms with E-state index < -0.39 is 0 Å². The monoisotopic (exact) mass is 283 g/mol. The zero-order chi connectivity index (χ0) is 13.1. The molecule has 0 bridgehead atoms. The number of benzene rings is 1. The maximum Gasteiger partial charge on any atom is 0.0853 e. The summed E-state index contributed by atoms with van der Waals surface area (Å²) in [5.74, 6) is 0. The molecule has 1 aromatic heterocycles. The van der Waals surface area contributed by atoms with Gasteiger partial charge in [0, 0.05) is 19.8 Å². The highest BCUT2D eigenvalue weighted by Crippen LogP contribution is 2.23. The lowest BCUT2D eigenvalue weighted by Crippen LogP contribution is -2.00. The first-order valence-corrected chi connectivity index (χ1v) is 6.56. The maximum atomic E-state index is 5.98. The molecule has 0 spiro atoms. The van der Waals surface area contributed by atoms with Crippen LogP contribution >= 0.6 is 23.2 Å². The van der Waals surface area contributed by atoms with Crippen LogP contribution in [0.3, 0.4) is 0 Å². The lowest BCUT2D eigenvalue weighted by atomic mass is 10.2. The zero-order valence-corrected chi connectivity index (χ0v) is 11.9. The van der Waals surface area contributed by atoms with Crippen molar-refractivity contribution in [2.45, 2.75) is 19.9 Å². The first kappa shape index (κ1) is 13.2. The first-order valence-electron chi connectivity index (χ1n) is 5.80. The molecule has 2 aromatic rings. The van der Waals surface area contributed by atoms with Crippen molar-refractivity contribution in [3.05, 3.63) is 45.7 Å². The van der Waals surface area contributed by atoms with E-state index in [9.17, 15) is 0 Å². The third kappa shape index (κ3) is 2.98. The number of nitrogens with one attached hydrogen (secondary N) is 1. The third-order valence-electron chi connectivity index (χ3n) is 2.71. The fraction of sp³-hybridized carbons (Fsp3) is 0.308. The molecule has 0 unspecified atom stereocenters. The quantitative estimate of drug-likeness (QED) is 0.922. The SMILES string of the molecule is CCc1nn(C)cc1NCc1ccc(Cl)c(Cl)c1. The summed E-state index contributed by atoms with van der Waals surface area (Å²) in [5, 5.41) is 8.90. The number of aryl methyl sites for hydroxylation is 2. The molecule has 0 aliphatic heterocycles. The number of nitrogens with zero attached hydrogens (tertiary/aromatic N) is 2. The molecule has 0 aliphatic rings. The van der Waals surface area contributed by atoms with Gasteiger partial charge >= 0.3 is 0 Å². The Labute approximate surface area is 117 Å². The fourth-order valence-corrected chi connectivity index (χ4v) is 2.11. The molecule has 0 saturated carbocycles. The van der Waals surface area contributed by atoms with E-state index in [4.69, 9.17) is 23.2 Å². The average Bonchev–Trinajstić information content (AvgIpc) is 2.71. The molecule has 0 saturated heterocycles. The Balaban J connectivity index is 2.08. The number of aromatic nitrogens is 2. The van der Waals surface area contributed by atoms with Crippen LogP contribution in [-0.2, 0) is 20.0 Å². The number of anilines is 1. The van der Waals surface area contributed by atoms with E-state index in [1.54, 1.807) is 0 Å². The summed E-state index contributed by atoms with van der Waals surface area (Å²) >= 11 is 11.9. The number of hydrogen-bond donors (Lipinski definition) is 1. The summed E-state index contributed by atoms with van der Waals surface area (Å²) in [6.07, 6.45) is 2.89. The predicted molar refractivity (Wildman–Crippen MR) is 76.4 cm³/mol. The molecule has 2 rings (SSSR count). The van der Waals surface area contributed by atoms with Crippen LogP contribution in [0.15, 0.2) is 24.4 Å². The van der Waals surface area contributed by atoms with Crippen LogP contribution in [0.2, 0.25) is 10.0 Å². The molecule has 0 fully saturated rings. The van der Waals surface area contributed by atoms with Gasteiger partial charge in [0.2, 0.25) is 0 Å². The largest absolute Gasteiger partial charge is 0.378 e. The molecule has 1 N–H and O–H groups in total. The van der Waals surface area contributed by atoms with Crippen LogP contribution < -0.4 is 5.32 Å². The highest BCUT2D eigenvalue weighted by atomic mass is 35.5. The molecule has 96 valence electrons. The molecular weight excluding hydrogens is 269 g/mol. The highest BCUT2D eigenvalue weighted by molar-refractivity contribution is 6.42. The predicted octanol–water partition coefficient (Wildman–Crippen LogP) is 3.90. The second-order valence-electron chi connectivity index (χ2n) is 4.12. The van der Waals surface area contributed by atoms with Crippen LogP contribution in [-0.4, -0.2) is 9.78 Å². The van der Waals surface area contributed by atoms with Gasteiger partial charge in [0.25, 0.3) is 0 Å². The second kappa shape index (κ2) is 5.63. The third-order valence-corrected chi connectivity index (χ3v) is 3.45. The molecule has 0 atom stereocenters. The van der Waals surface area contributed by atoms with Crippen molar-refractivity contribution in [2.24, 2.45) is 7.05 Å². The average molecular weight is 284 g/mol. The van der Waals surface area contributed by atoms with Crippen molar-refractivity contribution in [1.29, 1.82) is 0 Å². The Bertz CT molecular complexity index is 549. The maximum absolute atomic E-state index is 5.98. The van der Waals surface area contributed by atoms with Crippen molar-refractivity contribution in [2.75, 3.05) is 5.32 Å². The number of hydrogen-bond acceptors (Lipinski definition) is 2. The van der Waals surface area contributed by atoms with E-state index in [2.05, 4.69) is 17.3 Å². The minimum atomic E-state index is 0.580. The fourth-order valence-electron chi connectivity index (χ4n) is 1.79. The Morgan fingerprint density at radius 3 is 2.72 bits per heavy atom. The highest BCUT2D eigenvalue weighted by Gasteiger charge is 2.05. The Hall–Kier alpha value is -1.19. The lowest BCUT2D eigenvalue weighted by molar-refractivity contribution is 0.746. The van der Waals surface area contributed by atoms with Crippen molar-refractivity contribution in [1.82, 2.24) is 9.78 Å². The zero-order valence-electron chi connectivity index (χ0n) is 10.4. The van der Waals surface area contributed by atoms with E-state index in [1.807, 2.05) is 36.1 Å².